The molecule has 14 heteroatoms. The fourth-order valence-corrected chi connectivity index (χ4v) is 3.77. The van der Waals surface area contributed by atoms with E-state index in [4.69, 9.17) is 46.4 Å². The monoisotopic (exact) mass is 594 g/mol. The molecule has 36 heavy (non-hydrogen) atoms. The number of carbonyl (C=O) groups excluding carboxylic acids is 2. The number of nitrogens with one attached hydrogen (secondary N) is 2. The molecule has 0 heterocycles. The van der Waals surface area contributed by atoms with Gasteiger partial charge in [0, 0.05) is 5.56 Å². The van der Waals surface area contributed by atoms with Crippen LogP contribution in [0.3, 0.4) is 0 Å². The van der Waals surface area contributed by atoms with E-state index in [2.05, 4.69) is 5.32 Å². The third-order valence-electron chi connectivity index (χ3n) is 4.69. The number of amides is 2. The number of hydrogen-bond donors (Lipinski definition) is 2. The van der Waals surface area contributed by atoms with Gasteiger partial charge in [0.05, 0.1) is 32.2 Å². The Morgan fingerprint density at radius 1 is 1.00 bits per heavy atom. The van der Waals surface area contributed by atoms with Crippen molar-refractivity contribution in [3.63, 3.8) is 0 Å². The Bertz CT molecular complexity index is 1150. The molecule has 1 unspecified atom stereocenters. The van der Waals surface area contributed by atoms with Gasteiger partial charge in [-0.1, -0.05) is 52.5 Å². The van der Waals surface area contributed by atoms with Crippen molar-refractivity contribution in [1.29, 1.82) is 0 Å². The largest absolute Gasteiger partial charge is 0.399 e. The van der Waals surface area contributed by atoms with Gasteiger partial charge in [-0.05, 0) is 42.8 Å². The van der Waals surface area contributed by atoms with Gasteiger partial charge in [-0.15, -0.1) is 0 Å². The summed E-state index contributed by atoms with van der Waals surface area (Å²) in [4.78, 5) is 24.1. The van der Waals surface area contributed by atoms with Crippen LogP contribution in [0, 0.1) is 0 Å². The maximum Gasteiger partial charge on any atom is 0.399 e. The van der Waals surface area contributed by atoms with Crippen LogP contribution in [0.15, 0.2) is 36.4 Å². The van der Waals surface area contributed by atoms with Gasteiger partial charge in [0.2, 0.25) is 5.91 Å². The Balaban J connectivity index is 2.29. The molecule has 4 nitrogen and oxygen atoms in total. The maximum atomic E-state index is 14.9. The zero-order valence-corrected chi connectivity index (χ0v) is 21.0. The summed E-state index contributed by atoms with van der Waals surface area (Å²) >= 11 is 23.4. The molecule has 0 saturated heterocycles. The first kappa shape index (κ1) is 30.1. The first-order valence-corrected chi connectivity index (χ1v) is 11.4. The highest BCUT2D eigenvalue weighted by Crippen LogP contribution is 2.42. The van der Waals surface area contributed by atoms with Gasteiger partial charge in [0.25, 0.3) is 12.3 Å². The molecule has 2 amide bonds. The average molecular weight is 596 g/mol. The highest BCUT2D eigenvalue weighted by atomic mass is 35.5. The van der Waals surface area contributed by atoms with Gasteiger partial charge in [-0.25, -0.2) is 13.2 Å². The summed E-state index contributed by atoms with van der Waals surface area (Å²) in [5.74, 6) is -5.53. The Kier molecular flexibility index (Phi) is 10.4. The molecule has 0 fully saturated rings. The third-order valence-corrected chi connectivity index (χ3v) is 6.20. The molecule has 0 aliphatic rings. The lowest BCUT2D eigenvalue weighted by Gasteiger charge is -2.19. The Hall–Kier alpha value is -2.14. The van der Waals surface area contributed by atoms with E-state index in [9.17, 15) is 35.9 Å². The topological polar surface area (TPSA) is 58.2 Å². The number of rotatable bonds is 8. The summed E-state index contributed by atoms with van der Waals surface area (Å²) in [5, 5.41) is 3.15. The summed E-state index contributed by atoms with van der Waals surface area (Å²) < 4.78 is 80.3. The van der Waals surface area contributed by atoms with E-state index in [1.165, 1.54) is 6.92 Å². The molecule has 2 atom stereocenters. The first-order chi connectivity index (χ1) is 16.6. The number of allylic oxidation sites excluding steroid dienone is 1. The quantitative estimate of drug-likeness (QED) is 0.246. The maximum absolute atomic E-state index is 14.9. The van der Waals surface area contributed by atoms with Gasteiger partial charge < -0.3 is 10.6 Å². The first-order valence-electron chi connectivity index (χ1n) is 9.87. The molecule has 0 spiro atoms. The third kappa shape index (κ3) is 7.93. The van der Waals surface area contributed by atoms with Crippen molar-refractivity contribution in [2.75, 3.05) is 6.54 Å². The lowest BCUT2D eigenvalue weighted by molar-refractivity contribution is -0.139. The Morgan fingerprint density at radius 2 is 1.58 bits per heavy atom. The predicted molar refractivity (Wildman–Crippen MR) is 127 cm³/mol. The Labute approximate surface area is 221 Å². The van der Waals surface area contributed by atoms with Crippen LogP contribution in [-0.2, 0) is 4.79 Å². The van der Waals surface area contributed by atoms with E-state index in [0.717, 1.165) is 30.3 Å². The summed E-state index contributed by atoms with van der Waals surface area (Å²) in [5.41, 5.74) is -1.07. The van der Waals surface area contributed by atoms with Crippen LogP contribution in [0.1, 0.15) is 34.3 Å². The molecule has 2 N–H and O–H groups in total. The van der Waals surface area contributed by atoms with Crippen LogP contribution in [-0.4, -0.2) is 37.0 Å². The van der Waals surface area contributed by atoms with Crippen molar-refractivity contribution < 1.29 is 35.9 Å². The molecule has 196 valence electrons. The van der Waals surface area contributed by atoms with Gasteiger partial charge in [-0.2, -0.15) is 13.2 Å². The van der Waals surface area contributed by atoms with Crippen LogP contribution in [0.2, 0.25) is 20.1 Å². The van der Waals surface area contributed by atoms with E-state index in [1.807, 2.05) is 5.32 Å². The van der Waals surface area contributed by atoms with E-state index >= 15 is 0 Å². The minimum atomic E-state index is -4.93. The van der Waals surface area contributed by atoms with Crippen LogP contribution < -0.4 is 10.6 Å². The highest BCUT2D eigenvalue weighted by Gasteiger charge is 2.40. The fraction of sp³-hybridized carbons (Fsp3) is 0.273. The zero-order valence-electron chi connectivity index (χ0n) is 18.0. The summed E-state index contributed by atoms with van der Waals surface area (Å²) in [6.45, 7) is 0.323. The summed E-state index contributed by atoms with van der Waals surface area (Å²) in [6.07, 6.45) is -7.42. The van der Waals surface area contributed by atoms with E-state index in [-0.39, 0.29) is 37.3 Å². The lowest BCUT2D eigenvalue weighted by atomic mass is 9.96. The fourth-order valence-electron chi connectivity index (χ4n) is 2.90. The molecule has 0 radical (unpaired) electrons. The standard InChI is InChI=1S/C22H16Cl4F6N2O2/c1-9(20(35)33-8-18(28)29)34-21(36)12-3-2-10(4-14(12)23)17(27)7-13(22(30,31)32)11-5-15(24)19(26)16(25)6-11/h2-7,9,13,18H,8H2,1H3,(H,33,35)(H,34,36)/b17-7-/t9-,13?/m1/s1. The van der Waals surface area contributed by atoms with Gasteiger partial charge >= 0.3 is 6.18 Å². The molecule has 2 aromatic carbocycles. The number of hydrogen-bond acceptors (Lipinski definition) is 2. The van der Waals surface area contributed by atoms with Gasteiger partial charge in [-0.3, -0.25) is 9.59 Å². The van der Waals surface area contributed by atoms with Crippen LogP contribution >= 0.6 is 46.4 Å². The minimum absolute atomic E-state index is 0.158. The molecule has 0 aromatic heterocycles. The Morgan fingerprint density at radius 3 is 2.08 bits per heavy atom. The minimum Gasteiger partial charge on any atom is -0.349 e. The molecule has 0 saturated carbocycles. The van der Waals surface area contributed by atoms with Crippen molar-refractivity contribution >= 4 is 64.0 Å². The molecule has 2 aromatic rings. The SMILES string of the molecule is C[C@@H](NC(=O)c1ccc(/C(F)=C/C(c2cc(Cl)c(Cl)c(Cl)c2)C(F)(F)F)cc1Cl)C(=O)NCC(F)F. The summed E-state index contributed by atoms with van der Waals surface area (Å²) in [7, 11) is 0. The van der Waals surface area contributed by atoms with E-state index in [1.54, 1.807) is 0 Å². The second-order valence-corrected chi connectivity index (χ2v) is 8.96. The second-order valence-electron chi connectivity index (χ2n) is 7.36. The number of alkyl halides is 5. The number of halogens is 10. The highest BCUT2D eigenvalue weighted by molar-refractivity contribution is 6.48. The van der Waals surface area contributed by atoms with Crippen molar-refractivity contribution in [1.82, 2.24) is 10.6 Å². The van der Waals surface area contributed by atoms with Gasteiger partial charge in [0.1, 0.15) is 17.8 Å². The van der Waals surface area contributed by atoms with E-state index in [0.29, 0.717) is 0 Å². The molecule has 2 rings (SSSR count). The number of benzene rings is 2. The number of carbonyl (C=O) groups is 2. The lowest BCUT2D eigenvalue weighted by Crippen LogP contribution is -2.46. The molecule has 0 bridgehead atoms. The molecular weight excluding hydrogens is 580 g/mol. The second kappa shape index (κ2) is 12.4. The van der Waals surface area contributed by atoms with Crippen LogP contribution in [0.25, 0.3) is 5.83 Å². The van der Waals surface area contributed by atoms with Gasteiger partial charge in [0.15, 0.2) is 0 Å². The molecule has 0 aliphatic carbocycles. The van der Waals surface area contributed by atoms with Crippen LogP contribution in [0.5, 0.6) is 0 Å². The zero-order chi connectivity index (χ0) is 27.4. The summed E-state index contributed by atoms with van der Waals surface area (Å²) in [6, 6.07) is 3.56. The normalized spacial score (nSPS) is 13.9. The van der Waals surface area contributed by atoms with Crippen molar-refractivity contribution in [3.8, 4) is 0 Å². The van der Waals surface area contributed by atoms with Crippen LogP contribution in [0.4, 0.5) is 26.3 Å². The smallest absolute Gasteiger partial charge is 0.349 e. The molecule has 0 aliphatic heterocycles. The predicted octanol–water partition coefficient (Wildman–Crippen LogP) is 7.46. The van der Waals surface area contributed by atoms with Crippen molar-refractivity contribution in [3.05, 3.63) is 73.2 Å². The molecular formula is C22H16Cl4F6N2O2. The van der Waals surface area contributed by atoms with Crippen molar-refractivity contribution in [2.24, 2.45) is 0 Å². The van der Waals surface area contributed by atoms with Crippen molar-refractivity contribution in [2.45, 2.75) is 31.5 Å². The van der Waals surface area contributed by atoms with E-state index < -0.39 is 54.3 Å². The average Bonchev–Trinajstić information content (AvgIpc) is 2.77.